The number of benzene rings is 1. The van der Waals surface area contributed by atoms with Crippen LogP contribution in [-0.2, 0) is 10.9 Å². The Balaban J connectivity index is 1.81. The molecule has 1 aromatic carbocycles. The molecule has 28 heavy (non-hydrogen) atoms. The number of ether oxygens (including phenoxy) is 1. The molecule has 2 aromatic rings. The van der Waals surface area contributed by atoms with Crippen molar-refractivity contribution in [2.75, 3.05) is 32.8 Å². The Morgan fingerprint density at radius 2 is 1.93 bits per heavy atom. The first-order chi connectivity index (χ1) is 13.1. The lowest BCUT2D eigenvalue weighted by Crippen LogP contribution is -2.54. The summed E-state index contributed by atoms with van der Waals surface area (Å²) in [4.78, 5) is 30.0. The van der Waals surface area contributed by atoms with Gasteiger partial charge in [0.15, 0.2) is 0 Å². The summed E-state index contributed by atoms with van der Waals surface area (Å²) in [7, 11) is 0. The fourth-order valence-corrected chi connectivity index (χ4v) is 3.30. The maximum absolute atomic E-state index is 12.8. The SMILES string of the molecule is CC(C)(CN1CCOCC1)NC(=O)c1c[nH]c2cc(C(F)(F)F)ccc2c1=O. The van der Waals surface area contributed by atoms with Crippen molar-refractivity contribution >= 4 is 16.8 Å². The van der Waals surface area contributed by atoms with Crippen molar-refractivity contribution < 1.29 is 22.7 Å². The lowest BCUT2D eigenvalue weighted by atomic mass is 10.0. The molecular weight excluding hydrogens is 375 g/mol. The van der Waals surface area contributed by atoms with Gasteiger partial charge in [0.25, 0.3) is 5.91 Å². The maximum atomic E-state index is 12.8. The largest absolute Gasteiger partial charge is 0.416 e. The first-order valence-corrected chi connectivity index (χ1v) is 8.92. The molecule has 3 rings (SSSR count). The molecule has 0 bridgehead atoms. The van der Waals surface area contributed by atoms with Gasteiger partial charge >= 0.3 is 6.18 Å². The number of H-pyrrole nitrogens is 1. The monoisotopic (exact) mass is 397 g/mol. The summed E-state index contributed by atoms with van der Waals surface area (Å²) in [5.74, 6) is -0.568. The minimum absolute atomic E-state index is 0.0314. The molecule has 0 atom stereocenters. The molecule has 0 unspecified atom stereocenters. The fourth-order valence-electron chi connectivity index (χ4n) is 3.30. The molecule has 0 saturated carbocycles. The van der Waals surface area contributed by atoms with E-state index in [0.29, 0.717) is 19.8 Å². The number of aromatic nitrogens is 1. The van der Waals surface area contributed by atoms with E-state index in [2.05, 4.69) is 15.2 Å². The van der Waals surface area contributed by atoms with Gasteiger partial charge < -0.3 is 15.0 Å². The lowest BCUT2D eigenvalue weighted by molar-refractivity contribution is -0.137. The molecule has 2 N–H and O–H groups in total. The molecule has 0 aliphatic carbocycles. The van der Waals surface area contributed by atoms with Gasteiger partial charge in [-0.1, -0.05) is 0 Å². The number of nitrogens with zero attached hydrogens (tertiary/aromatic N) is 1. The van der Waals surface area contributed by atoms with Crippen LogP contribution >= 0.6 is 0 Å². The molecule has 1 aromatic heterocycles. The van der Waals surface area contributed by atoms with Crippen LogP contribution in [-0.4, -0.2) is 54.2 Å². The summed E-state index contributed by atoms with van der Waals surface area (Å²) in [6, 6.07) is 2.79. The van der Waals surface area contributed by atoms with E-state index in [-0.39, 0.29) is 16.5 Å². The normalized spacial score (nSPS) is 16.3. The molecule has 1 amide bonds. The summed E-state index contributed by atoms with van der Waals surface area (Å²) in [5.41, 5.74) is -2.18. The number of halogens is 3. The van der Waals surface area contributed by atoms with Crippen molar-refractivity contribution in [3.05, 3.63) is 45.7 Å². The number of alkyl halides is 3. The number of hydrogen-bond donors (Lipinski definition) is 2. The summed E-state index contributed by atoms with van der Waals surface area (Å²) in [6.45, 7) is 7.08. The lowest BCUT2D eigenvalue weighted by Gasteiger charge is -2.35. The quantitative estimate of drug-likeness (QED) is 0.831. The maximum Gasteiger partial charge on any atom is 0.416 e. The van der Waals surface area contributed by atoms with Crippen molar-refractivity contribution in [3.8, 4) is 0 Å². The van der Waals surface area contributed by atoms with Crippen LogP contribution in [0.4, 0.5) is 13.2 Å². The molecule has 2 heterocycles. The fraction of sp³-hybridized carbons (Fsp3) is 0.474. The number of carbonyl (C=O) groups is 1. The van der Waals surface area contributed by atoms with Crippen molar-refractivity contribution in [1.29, 1.82) is 0 Å². The highest BCUT2D eigenvalue weighted by Gasteiger charge is 2.31. The van der Waals surface area contributed by atoms with Gasteiger partial charge in [0.05, 0.1) is 18.8 Å². The van der Waals surface area contributed by atoms with E-state index in [1.807, 2.05) is 13.8 Å². The van der Waals surface area contributed by atoms with E-state index in [1.165, 1.54) is 0 Å². The first-order valence-electron chi connectivity index (χ1n) is 8.92. The van der Waals surface area contributed by atoms with E-state index >= 15 is 0 Å². The third-order valence-electron chi connectivity index (χ3n) is 4.63. The highest BCUT2D eigenvalue weighted by atomic mass is 19.4. The van der Waals surface area contributed by atoms with Gasteiger partial charge in [0, 0.05) is 42.3 Å². The summed E-state index contributed by atoms with van der Waals surface area (Å²) in [5, 5.41) is 2.87. The van der Waals surface area contributed by atoms with Crippen molar-refractivity contribution in [3.63, 3.8) is 0 Å². The Labute approximate surface area is 159 Å². The Morgan fingerprint density at radius 3 is 2.57 bits per heavy atom. The third-order valence-corrected chi connectivity index (χ3v) is 4.63. The van der Waals surface area contributed by atoms with Gasteiger partial charge in [-0.25, -0.2) is 0 Å². The number of rotatable bonds is 4. The highest BCUT2D eigenvalue weighted by molar-refractivity contribution is 5.97. The Morgan fingerprint density at radius 1 is 1.25 bits per heavy atom. The molecule has 1 aliphatic heterocycles. The predicted octanol–water partition coefficient (Wildman–Crippen LogP) is 2.39. The van der Waals surface area contributed by atoms with Crippen LogP contribution in [0.5, 0.6) is 0 Å². The summed E-state index contributed by atoms with van der Waals surface area (Å²) in [6.07, 6.45) is -3.35. The third kappa shape index (κ3) is 4.53. The van der Waals surface area contributed by atoms with Crippen LogP contribution in [0.15, 0.2) is 29.2 Å². The van der Waals surface area contributed by atoms with Gasteiger partial charge in [0.2, 0.25) is 5.43 Å². The predicted molar refractivity (Wildman–Crippen MR) is 98.4 cm³/mol. The first kappa shape index (κ1) is 20.3. The minimum Gasteiger partial charge on any atom is -0.379 e. The van der Waals surface area contributed by atoms with Gasteiger partial charge in [0.1, 0.15) is 5.56 Å². The van der Waals surface area contributed by atoms with E-state index < -0.39 is 28.6 Å². The molecule has 152 valence electrons. The molecule has 6 nitrogen and oxygen atoms in total. The molecule has 1 fully saturated rings. The van der Waals surface area contributed by atoms with Crippen molar-refractivity contribution in [1.82, 2.24) is 15.2 Å². The molecule has 9 heteroatoms. The topological polar surface area (TPSA) is 74.4 Å². The van der Waals surface area contributed by atoms with Crippen LogP contribution < -0.4 is 10.7 Å². The van der Waals surface area contributed by atoms with Gasteiger partial charge in [-0.05, 0) is 32.0 Å². The Bertz CT molecular complexity index is 931. The van der Waals surface area contributed by atoms with Crippen LogP contribution in [0.25, 0.3) is 10.9 Å². The minimum atomic E-state index is -4.51. The zero-order chi connectivity index (χ0) is 20.5. The Kier molecular flexibility index (Phi) is 5.49. The number of morpholine rings is 1. The average Bonchev–Trinajstić information content (AvgIpc) is 2.60. The van der Waals surface area contributed by atoms with Crippen LogP contribution in [0.3, 0.4) is 0 Å². The number of nitrogens with one attached hydrogen (secondary N) is 2. The van der Waals surface area contributed by atoms with E-state index in [4.69, 9.17) is 4.74 Å². The smallest absolute Gasteiger partial charge is 0.379 e. The van der Waals surface area contributed by atoms with Crippen molar-refractivity contribution in [2.24, 2.45) is 0 Å². The molecule has 0 radical (unpaired) electrons. The number of fused-ring (bicyclic) bond motifs is 1. The summed E-state index contributed by atoms with van der Waals surface area (Å²) < 4.78 is 43.8. The molecule has 1 saturated heterocycles. The number of pyridine rings is 1. The Hall–Kier alpha value is -2.39. The zero-order valence-electron chi connectivity index (χ0n) is 15.7. The second-order valence-electron chi connectivity index (χ2n) is 7.52. The van der Waals surface area contributed by atoms with Gasteiger partial charge in [-0.2, -0.15) is 13.2 Å². The second-order valence-corrected chi connectivity index (χ2v) is 7.52. The number of amides is 1. The van der Waals surface area contributed by atoms with E-state index in [1.54, 1.807) is 0 Å². The van der Waals surface area contributed by atoms with Crippen LogP contribution in [0.1, 0.15) is 29.8 Å². The number of hydrogen-bond acceptors (Lipinski definition) is 4. The van der Waals surface area contributed by atoms with Gasteiger partial charge in [-0.3, -0.25) is 14.5 Å². The zero-order valence-corrected chi connectivity index (χ0v) is 15.7. The number of aromatic amines is 1. The second kappa shape index (κ2) is 7.56. The van der Waals surface area contributed by atoms with E-state index in [0.717, 1.165) is 37.5 Å². The van der Waals surface area contributed by atoms with Crippen LogP contribution in [0.2, 0.25) is 0 Å². The van der Waals surface area contributed by atoms with E-state index in [9.17, 15) is 22.8 Å². The molecule has 1 aliphatic rings. The van der Waals surface area contributed by atoms with Crippen molar-refractivity contribution in [2.45, 2.75) is 25.6 Å². The number of carbonyl (C=O) groups excluding carboxylic acids is 1. The van der Waals surface area contributed by atoms with Crippen LogP contribution in [0, 0.1) is 0 Å². The average molecular weight is 397 g/mol. The standard InChI is InChI=1S/C19H22F3N3O3/c1-18(2,11-25-5-7-28-8-6-25)24-17(27)14-10-23-15-9-12(19(20,21)22)3-4-13(15)16(14)26/h3-4,9-10H,5-8,11H2,1-2H3,(H,23,26)(H,24,27). The summed E-state index contributed by atoms with van der Waals surface area (Å²) >= 11 is 0. The van der Waals surface area contributed by atoms with Gasteiger partial charge in [-0.15, -0.1) is 0 Å². The molecular formula is C19H22F3N3O3. The molecule has 0 spiro atoms. The highest BCUT2D eigenvalue weighted by Crippen LogP contribution is 2.30.